The smallest absolute Gasteiger partial charge is 0.0427 e. The molecule has 1 heteroatoms. The van der Waals surface area contributed by atoms with Crippen LogP contribution in [0.5, 0.6) is 0 Å². The van der Waals surface area contributed by atoms with E-state index in [0.717, 1.165) is 18.4 Å². The molecule has 1 aliphatic heterocycles. The topological polar surface area (TPSA) is 3.24 Å². The molecule has 1 unspecified atom stereocenters. The molecule has 0 amide bonds. The Kier molecular flexibility index (Phi) is 3.48. The molecule has 0 aliphatic carbocycles. The zero-order valence-electron chi connectivity index (χ0n) is 10.2. The van der Waals surface area contributed by atoms with E-state index >= 15 is 0 Å². The number of hydrogen-bond acceptors (Lipinski definition) is 1. The minimum Gasteiger partial charge on any atom is -0.327 e. The summed E-state index contributed by atoms with van der Waals surface area (Å²) < 4.78 is 0. The van der Waals surface area contributed by atoms with E-state index in [2.05, 4.69) is 44.6 Å². The van der Waals surface area contributed by atoms with Crippen LogP contribution >= 0.6 is 0 Å². The van der Waals surface area contributed by atoms with Gasteiger partial charge in [0.15, 0.2) is 0 Å². The van der Waals surface area contributed by atoms with Crippen LogP contribution in [0.4, 0.5) is 0 Å². The Labute approximate surface area is 88.9 Å². The first-order chi connectivity index (χ1) is 6.45. The van der Waals surface area contributed by atoms with Gasteiger partial charge in [0.1, 0.15) is 0 Å². The molecule has 1 heterocycles. The molecule has 0 saturated carbocycles. The Morgan fingerprint density at radius 3 is 2.57 bits per heavy atom. The van der Waals surface area contributed by atoms with E-state index in [1.165, 1.54) is 12.8 Å². The first-order valence-corrected chi connectivity index (χ1v) is 5.65. The second-order valence-electron chi connectivity index (χ2n) is 5.48. The summed E-state index contributed by atoms with van der Waals surface area (Å²) in [6.07, 6.45) is 2.63. The standard InChI is InChI=1S/C13H23N/c1-6-7-14-10-12(8-11(2)3)9-13(14,4)5/h11-12H,8-10H2,1-5H3. The molecule has 0 aromatic heterocycles. The number of hydrogen-bond donors (Lipinski definition) is 0. The van der Waals surface area contributed by atoms with E-state index in [-0.39, 0.29) is 5.54 Å². The summed E-state index contributed by atoms with van der Waals surface area (Å²) in [6.45, 7) is 12.3. The van der Waals surface area contributed by atoms with Crippen molar-refractivity contribution >= 4 is 0 Å². The number of nitrogens with zero attached hydrogens (tertiary/aromatic N) is 1. The third-order valence-electron chi connectivity index (χ3n) is 3.01. The lowest BCUT2D eigenvalue weighted by molar-refractivity contribution is 0.266. The highest BCUT2D eigenvalue weighted by Gasteiger charge is 2.36. The normalized spacial score (nSPS) is 25.0. The number of rotatable bonds is 2. The van der Waals surface area contributed by atoms with Crippen LogP contribution in [-0.4, -0.2) is 17.0 Å². The molecule has 0 aromatic carbocycles. The van der Waals surface area contributed by atoms with E-state index in [0.29, 0.717) is 0 Å². The molecule has 1 saturated heterocycles. The second-order valence-corrected chi connectivity index (χ2v) is 5.48. The van der Waals surface area contributed by atoms with E-state index in [1.807, 2.05) is 6.92 Å². The Balaban J connectivity index is 2.60. The Hall–Kier alpha value is -0.640. The van der Waals surface area contributed by atoms with Crippen molar-refractivity contribution in [3.8, 4) is 12.0 Å². The average Bonchev–Trinajstić information content (AvgIpc) is 2.25. The van der Waals surface area contributed by atoms with Gasteiger partial charge < -0.3 is 4.90 Å². The van der Waals surface area contributed by atoms with Crippen molar-refractivity contribution in [3.63, 3.8) is 0 Å². The van der Waals surface area contributed by atoms with Gasteiger partial charge in [0.25, 0.3) is 0 Å². The third-order valence-corrected chi connectivity index (χ3v) is 3.01. The summed E-state index contributed by atoms with van der Waals surface area (Å²) >= 11 is 0. The van der Waals surface area contributed by atoms with Gasteiger partial charge in [-0.2, -0.15) is 0 Å². The highest BCUT2D eigenvalue weighted by atomic mass is 15.2. The molecule has 1 nitrogen and oxygen atoms in total. The SMILES string of the molecule is CC#CN1CC(CC(C)C)CC1(C)C. The van der Waals surface area contributed by atoms with Crippen molar-refractivity contribution in [1.82, 2.24) is 4.90 Å². The molecule has 80 valence electrons. The van der Waals surface area contributed by atoms with Crippen molar-refractivity contribution in [1.29, 1.82) is 0 Å². The van der Waals surface area contributed by atoms with Gasteiger partial charge in [-0.25, -0.2) is 0 Å². The molecule has 0 aromatic rings. The first-order valence-electron chi connectivity index (χ1n) is 5.65. The first kappa shape index (κ1) is 11.4. The maximum atomic E-state index is 3.22. The van der Waals surface area contributed by atoms with Gasteiger partial charge in [-0.3, -0.25) is 0 Å². The summed E-state index contributed by atoms with van der Waals surface area (Å²) in [5.74, 6) is 4.66. The zero-order chi connectivity index (χ0) is 10.8. The average molecular weight is 193 g/mol. The molecule has 0 radical (unpaired) electrons. The van der Waals surface area contributed by atoms with Crippen molar-refractivity contribution in [2.24, 2.45) is 11.8 Å². The van der Waals surface area contributed by atoms with E-state index in [1.54, 1.807) is 0 Å². The molecule has 1 rings (SSSR count). The van der Waals surface area contributed by atoms with Gasteiger partial charge in [0, 0.05) is 18.1 Å². The van der Waals surface area contributed by atoms with Gasteiger partial charge in [-0.1, -0.05) is 19.8 Å². The predicted octanol–water partition coefficient (Wildman–Crippen LogP) is 3.11. The highest BCUT2D eigenvalue weighted by Crippen LogP contribution is 2.35. The van der Waals surface area contributed by atoms with Crippen LogP contribution in [0.3, 0.4) is 0 Å². The van der Waals surface area contributed by atoms with E-state index in [9.17, 15) is 0 Å². The minimum absolute atomic E-state index is 0.280. The maximum absolute atomic E-state index is 3.22. The van der Waals surface area contributed by atoms with Gasteiger partial charge in [0.2, 0.25) is 0 Å². The summed E-state index contributed by atoms with van der Waals surface area (Å²) in [4.78, 5) is 2.32. The molecule has 0 spiro atoms. The van der Waals surface area contributed by atoms with Crippen LogP contribution in [0.25, 0.3) is 0 Å². The zero-order valence-corrected chi connectivity index (χ0v) is 10.2. The van der Waals surface area contributed by atoms with Crippen molar-refractivity contribution < 1.29 is 0 Å². The predicted molar refractivity (Wildman–Crippen MR) is 61.8 cm³/mol. The molecule has 0 N–H and O–H groups in total. The molecule has 1 fully saturated rings. The van der Waals surface area contributed by atoms with Gasteiger partial charge in [0.05, 0.1) is 0 Å². The fourth-order valence-corrected chi connectivity index (χ4v) is 2.54. The molecular weight excluding hydrogens is 170 g/mol. The van der Waals surface area contributed by atoms with Crippen molar-refractivity contribution in [2.45, 2.75) is 53.0 Å². The fourth-order valence-electron chi connectivity index (χ4n) is 2.54. The number of likely N-dealkylation sites (tertiary alicyclic amines) is 1. The minimum atomic E-state index is 0.280. The summed E-state index contributed by atoms with van der Waals surface area (Å²) in [6, 6.07) is 3.22. The second kappa shape index (κ2) is 4.26. The van der Waals surface area contributed by atoms with Gasteiger partial charge in [-0.05, 0) is 45.4 Å². The third kappa shape index (κ3) is 2.67. The Morgan fingerprint density at radius 1 is 1.43 bits per heavy atom. The highest BCUT2D eigenvalue weighted by molar-refractivity contribution is 5.06. The van der Waals surface area contributed by atoms with Crippen LogP contribution in [0.2, 0.25) is 0 Å². The van der Waals surface area contributed by atoms with Gasteiger partial charge in [-0.15, -0.1) is 0 Å². The monoisotopic (exact) mass is 193 g/mol. The van der Waals surface area contributed by atoms with Crippen LogP contribution in [0.1, 0.15) is 47.5 Å². The maximum Gasteiger partial charge on any atom is 0.0427 e. The van der Waals surface area contributed by atoms with Crippen LogP contribution in [-0.2, 0) is 0 Å². The fraction of sp³-hybridized carbons (Fsp3) is 0.846. The van der Waals surface area contributed by atoms with Crippen molar-refractivity contribution in [2.75, 3.05) is 6.54 Å². The molecule has 1 aliphatic rings. The van der Waals surface area contributed by atoms with Crippen LogP contribution in [0, 0.1) is 23.8 Å². The molecule has 1 atom stereocenters. The Morgan fingerprint density at radius 2 is 2.07 bits per heavy atom. The van der Waals surface area contributed by atoms with Crippen LogP contribution in [0.15, 0.2) is 0 Å². The molecule has 14 heavy (non-hydrogen) atoms. The lowest BCUT2D eigenvalue weighted by atomic mass is 9.90. The largest absolute Gasteiger partial charge is 0.327 e. The lowest BCUT2D eigenvalue weighted by Crippen LogP contribution is -2.33. The Bertz CT molecular complexity index is 242. The molecular formula is C13H23N. The summed E-state index contributed by atoms with van der Waals surface area (Å²) in [7, 11) is 0. The summed E-state index contributed by atoms with van der Waals surface area (Å²) in [5, 5.41) is 0. The molecule has 0 bridgehead atoms. The van der Waals surface area contributed by atoms with Crippen LogP contribution < -0.4 is 0 Å². The van der Waals surface area contributed by atoms with E-state index < -0.39 is 0 Å². The quantitative estimate of drug-likeness (QED) is 0.609. The summed E-state index contributed by atoms with van der Waals surface area (Å²) in [5.41, 5.74) is 0.280. The lowest BCUT2D eigenvalue weighted by Gasteiger charge is -2.27. The van der Waals surface area contributed by atoms with Gasteiger partial charge >= 0.3 is 0 Å². The van der Waals surface area contributed by atoms with E-state index in [4.69, 9.17) is 0 Å². The van der Waals surface area contributed by atoms with Crippen molar-refractivity contribution in [3.05, 3.63) is 0 Å².